The fourth-order valence-electron chi connectivity index (χ4n) is 2.43. The quantitative estimate of drug-likeness (QED) is 0.868. The summed E-state index contributed by atoms with van der Waals surface area (Å²) in [6.45, 7) is 8.80. The highest BCUT2D eigenvalue weighted by Gasteiger charge is 2.18. The van der Waals surface area contributed by atoms with Gasteiger partial charge in [0.15, 0.2) is 0 Å². The van der Waals surface area contributed by atoms with Crippen LogP contribution in [0.3, 0.4) is 0 Å². The summed E-state index contributed by atoms with van der Waals surface area (Å²) in [5.74, 6) is 0. The van der Waals surface area contributed by atoms with E-state index in [0.29, 0.717) is 12.1 Å². The van der Waals surface area contributed by atoms with Crippen LogP contribution in [0.4, 0.5) is 0 Å². The van der Waals surface area contributed by atoms with Gasteiger partial charge in [0, 0.05) is 49.1 Å². The van der Waals surface area contributed by atoms with E-state index in [9.17, 15) is 0 Å². The number of likely N-dealkylation sites (tertiary alicyclic amines) is 1. The Morgan fingerprint density at radius 2 is 2.00 bits per heavy atom. The Bertz CT molecular complexity index is 370. The number of nitrogens with zero attached hydrogens (tertiary/aromatic N) is 1. The molecule has 1 saturated heterocycles. The summed E-state index contributed by atoms with van der Waals surface area (Å²) in [5.41, 5.74) is 0. The maximum atomic E-state index is 5.42. The van der Waals surface area contributed by atoms with Crippen LogP contribution >= 0.6 is 11.3 Å². The van der Waals surface area contributed by atoms with Gasteiger partial charge in [-0.2, -0.15) is 0 Å². The van der Waals surface area contributed by atoms with Crippen LogP contribution in [0.5, 0.6) is 0 Å². The fourth-order valence-corrected chi connectivity index (χ4v) is 3.44. The van der Waals surface area contributed by atoms with E-state index >= 15 is 0 Å². The summed E-state index contributed by atoms with van der Waals surface area (Å²) >= 11 is 1.94. The molecular formula is C15H26N2OS. The van der Waals surface area contributed by atoms with Crippen molar-refractivity contribution < 1.29 is 4.74 Å². The topological polar surface area (TPSA) is 24.5 Å². The van der Waals surface area contributed by atoms with E-state index in [0.717, 1.165) is 26.2 Å². The van der Waals surface area contributed by atoms with Crippen molar-refractivity contribution in [1.82, 2.24) is 10.2 Å². The summed E-state index contributed by atoms with van der Waals surface area (Å²) in [6.07, 6.45) is 2.82. The van der Waals surface area contributed by atoms with Crippen LogP contribution in [0.1, 0.15) is 36.4 Å². The van der Waals surface area contributed by atoms with E-state index < -0.39 is 0 Å². The SMILES string of the molecule is COC1CCN(Cc2ccc(CNC(C)C)s2)CC1. The van der Waals surface area contributed by atoms with E-state index in [-0.39, 0.29) is 0 Å². The molecule has 0 amide bonds. The maximum absolute atomic E-state index is 5.42. The maximum Gasteiger partial charge on any atom is 0.0595 e. The molecule has 1 aromatic rings. The van der Waals surface area contributed by atoms with Gasteiger partial charge >= 0.3 is 0 Å². The Kier molecular flexibility index (Phi) is 5.82. The largest absolute Gasteiger partial charge is 0.381 e. The minimum atomic E-state index is 0.477. The predicted molar refractivity (Wildman–Crippen MR) is 81.6 cm³/mol. The van der Waals surface area contributed by atoms with Crippen LogP contribution in [-0.2, 0) is 17.8 Å². The molecule has 0 unspecified atom stereocenters. The summed E-state index contributed by atoms with van der Waals surface area (Å²) in [4.78, 5) is 5.47. The van der Waals surface area contributed by atoms with Crippen LogP contribution in [0.15, 0.2) is 12.1 Å². The molecule has 3 nitrogen and oxygen atoms in total. The average molecular weight is 282 g/mol. The highest BCUT2D eigenvalue weighted by atomic mass is 32.1. The fraction of sp³-hybridized carbons (Fsp3) is 0.733. The van der Waals surface area contributed by atoms with E-state index in [2.05, 4.69) is 36.2 Å². The Labute approximate surface area is 121 Å². The molecule has 2 heterocycles. The lowest BCUT2D eigenvalue weighted by Gasteiger charge is -2.30. The summed E-state index contributed by atoms with van der Waals surface area (Å²) < 4.78 is 5.42. The van der Waals surface area contributed by atoms with Gasteiger partial charge in [-0.15, -0.1) is 11.3 Å². The average Bonchev–Trinajstić information content (AvgIpc) is 2.85. The molecule has 0 aliphatic carbocycles. The second-order valence-corrected chi connectivity index (χ2v) is 6.87. The first kappa shape index (κ1) is 15.0. The minimum absolute atomic E-state index is 0.477. The lowest BCUT2D eigenvalue weighted by Crippen LogP contribution is -2.35. The molecule has 0 saturated carbocycles. The van der Waals surface area contributed by atoms with E-state index in [4.69, 9.17) is 4.74 Å². The molecule has 0 radical (unpaired) electrons. The summed E-state index contributed by atoms with van der Waals surface area (Å²) in [5, 5.41) is 3.47. The van der Waals surface area contributed by atoms with E-state index in [1.165, 1.54) is 22.6 Å². The third-order valence-electron chi connectivity index (χ3n) is 3.65. The monoisotopic (exact) mass is 282 g/mol. The molecule has 1 aliphatic heterocycles. The van der Waals surface area contributed by atoms with Gasteiger partial charge in [-0.1, -0.05) is 13.8 Å². The molecule has 0 bridgehead atoms. The molecule has 0 atom stereocenters. The van der Waals surface area contributed by atoms with Gasteiger partial charge in [0.25, 0.3) is 0 Å². The number of ether oxygens (including phenoxy) is 1. The molecule has 108 valence electrons. The molecule has 1 N–H and O–H groups in total. The summed E-state index contributed by atoms with van der Waals surface area (Å²) in [6, 6.07) is 5.10. The first-order valence-electron chi connectivity index (χ1n) is 7.23. The van der Waals surface area contributed by atoms with Gasteiger partial charge in [0.1, 0.15) is 0 Å². The Morgan fingerprint density at radius 3 is 2.63 bits per heavy atom. The standard InChI is InChI=1S/C15H26N2OS/c1-12(2)16-10-14-4-5-15(19-14)11-17-8-6-13(18-3)7-9-17/h4-5,12-13,16H,6-11H2,1-3H3. The number of hydrogen-bond donors (Lipinski definition) is 1. The normalized spacial score (nSPS) is 18.3. The number of nitrogens with one attached hydrogen (secondary N) is 1. The predicted octanol–water partition coefficient (Wildman–Crippen LogP) is 2.86. The third kappa shape index (κ3) is 4.88. The highest BCUT2D eigenvalue weighted by Crippen LogP contribution is 2.21. The van der Waals surface area contributed by atoms with Crippen molar-refractivity contribution in [1.29, 1.82) is 0 Å². The lowest BCUT2D eigenvalue weighted by atomic mass is 10.1. The van der Waals surface area contributed by atoms with E-state index in [1.807, 2.05) is 18.4 Å². The van der Waals surface area contributed by atoms with Crippen LogP contribution in [0.25, 0.3) is 0 Å². The summed E-state index contributed by atoms with van der Waals surface area (Å²) in [7, 11) is 1.83. The molecule has 1 aliphatic rings. The Balaban J connectivity index is 1.77. The number of methoxy groups -OCH3 is 1. The minimum Gasteiger partial charge on any atom is -0.381 e. The van der Waals surface area contributed by atoms with Gasteiger partial charge in [-0.05, 0) is 25.0 Å². The number of thiophene rings is 1. The van der Waals surface area contributed by atoms with Gasteiger partial charge in [0.05, 0.1) is 6.10 Å². The lowest BCUT2D eigenvalue weighted by molar-refractivity contribution is 0.0391. The van der Waals surface area contributed by atoms with Crippen LogP contribution in [-0.4, -0.2) is 37.2 Å². The van der Waals surface area contributed by atoms with Crippen molar-refractivity contribution in [3.05, 3.63) is 21.9 Å². The van der Waals surface area contributed by atoms with Crippen molar-refractivity contribution in [3.63, 3.8) is 0 Å². The molecule has 1 fully saturated rings. The molecule has 4 heteroatoms. The smallest absolute Gasteiger partial charge is 0.0595 e. The second-order valence-electron chi connectivity index (χ2n) is 5.61. The van der Waals surface area contributed by atoms with Gasteiger partial charge in [-0.3, -0.25) is 4.90 Å². The van der Waals surface area contributed by atoms with Crippen LogP contribution in [0.2, 0.25) is 0 Å². The highest BCUT2D eigenvalue weighted by molar-refractivity contribution is 7.11. The van der Waals surface area contributed by atoms with Crippen molar-refractivity contribution >= 4 is 11.3 Å². The molecule has 19 heavy (non-hydrogen) atoms. The number of piperidine rings is 1. The van der Waals surface area contributed by atoms with Gasteiger partial charge < -0.3 is 10.1 Å². The van der Waals surface area contributed by atoms with Crippen molar-refractivity contribution in [2.45, 2.75) is 51.9 Å². The first-order valence-corrected chi connectivity index (χ1v) is 8.05. The third-order valence-corrected chi connectivity index (χ3v) is 4.72. The number of hydrogen-bond acceptors (Lipinski definition) is 4. The molecular weight excluding hydrogens is 256 g/mol. The zero-order valence-electron chi connectivity index (χ0n) is 12.3. The van der Waals surface area contributed by atoms with Crippen LogP contribution < -0.4 is 5.32 Å². The molecule has 0 aromatic carbocycles. The van der Waals surface area contributed by atoms with Gasteiger partial charge in [0.2, 0.25) is 0 Å². The number of rotatable bonds is 6. The Morgan fingerprint density at radius 1 is 1.32 bits per heavy atom. The van der Waals surface area contributed by atoms with Crippen molar-refractivity contribution in [3.8, 4) is 0 Å². The zero-order chi connectivity index (χ0) is 13.7. The van der Waals surface area contributed by atoms with E-state index in [1.54, 1.807) is 0 Å². The second kappa shape index (κ2) is 7.39. The van der Waals surface area contributed by atoms with Crippen LogP contribution in [0, 0.1) is 0 Å². The first-order chi connectivity index (χ1) is 9.17. The van der Waals surface area contributed by atoms with Crippen molar-refractivity contribution in [2.24, 2.45) is 0 Å². The molecule has 0 spiro atoms. The zero-order valence-corrected chi connectivity index (χ0v) is 13.1. The van der Waals surface area contributed by atoms with Crippen molar-refractivity contribution in [2.75, 3.05) is 20.2 Å². The Hall–Kier alpha value is -0.420. The molecule has 1 aromatic heterocycles. The molecule has 2 rings (SSSR count). The van der Waals surface area contributed by atoms with Gasteiger partial charge in [-0.25, -0.2) is 0 Å².